The molecule has 1 atom stereocenters. The summed E-state index contributed by atoms with van der Waals surface area (Å²) in [6, 6.07) is 10.00. The number of rotatable bonds is 5. The number of aromatic nitrogens is 2. The summed E-state index contributed by atoms with van der Waals surface area (Å²) in [5.41, 5.74) is 1.02. The molecule has 1 aliphatic heterocycles. The van der Waals surface area contributed by atoms with Crippen LogP contribution in [0.2, 0.25) is 0 Å². The number of piperidine rings is 1. The van der Waals surface area contributed by atoms with E-state index >= 15 is 0 Å². The highest BCUT2D eigenvalue weighted by atomic mass is 16.4. The Labute approximate surface area is 145 Å². The first-order valence-corrected chi connectivity index (χ1v) is 8.85. The maximum Gasteiger partial charge on any atom is 0.434 e. The molecule has 2 aromatic rings. The van der Waals surface area contributed by atoms with Crippen molar-refractivity contribution in [1.29, 1.82) is 0 Å². The second kappa shape index (κ2) is 6.84. The molecule has 0 radical (unpaired) electrons. The fraction of sp³-hybridized carbons (Fsp3) is 0.500. The maximum absolute atomic E-state index is 12.8. The van der Waals surface area contributed by atoms with Gasteiger partial charge in [0.05, 0.1) is 0 Å². The number of benzene rings is 1. The van der Waals surface area contributed by atoms with Crippen LogP contribution in [0.3, 0.4) is 0 Å². The van der Waals surface area contributed by atoms with E-state index in [1.165, 1.54) is 0 Å². The summed E-state index contributed by atoms with van der Waals surface area (Å²) in [6.07, 6.45) is 3.78. The first kappa shape index (κ1) is 16.1. The van der Waals surface area contributed by atoms with Crippen LogP contribution in [-0.4, -0.2) is 40.1 Å². The Morgan fingerprint density at radius 2 is 1.92 bits per heavy atom. The van der Waals surface area contributed by atoms with Crippen LogP contribution in [0.4, 0.5) is 0 Å². The lowest BCUT2D eigenvalue weighted by atomic mass is 9.94. The lowest BCUT2D eigenvalue weighted by Gasteiger charge is -2.36. The molecule has 2 fully saturated rings. The topological polar surface area (TPSA) is 91.2 Å². The Morgan fingerprint density at radius 1 is 1.20 bits per heavy atom. The summed E-state index contributed by atoms with van der Waals surface area (Å²) in [6.45, 7) is 1.53. The standard InChI is InChI=1S/C18H22N4O3/c23-16(19-14-6-7-14)15(12-4-2-1-3-5-12)22-10-8-13(9-11-22)17-20-21-18(24)25-17/h1-5,13-15H,6-11H2,(H,19,23)(H,21,24). The largest absolute Gasteiger partial charge is 0.434 e. The number of aromatic amines is 1. The van der Waals surface area contributed by atoms with Gasteiger partial charge in [0.2, 0.25) is 11.8 Å². The van der Waals surface area contributed by atoms with E-state index in [-0.39, 0.29) is 17.9 Å². The van der Waals surface area contributed by atoms with Crippen LogP contribution in [0.1, 0.15) is 49.1 Å². The van der Waals surface area contributed by atoms with E-state index in [4.69, 9.17) is 4.42 Å². The van der Waals surface area contributed by atoms with Gasteiger partial charge in [-0.1, -0.05) is 30.3 Å². The number of likely N-dealkylation sites (tertiary alicyclic amines) is 1. The smallest absolute Gasteiger partial charge is 0.392 e. The van der Waals surface area contributed by atoms with Crippen LogP contribution in [0.15, 0.2) is 39.5 Å². The summed E-state index contributed by atoms with van der Waals surface area (Å²) in [5, 5.41) is 9.41. The van der Waals surface area contributed by atoms with Gasteiger partial charge >= 0.3 is 5.76 Å². The van der Waals surface area contributed by atoms with Crippen LogP contribution < -0.4 is 11.1 Å². The van der Waals surface area contributed by atoms with Gasteiger partial charge in [0.25, 0.3) is 0 Å². The maximum atomic E-state index is 12.8. The molecular weight excluding hydrogens is 320 g/mol. The van der Waals surface area contributed by atoms with Gasteiger partial charge in [-0.05, 0) is 44.3 Å². The van der Waals surface area contributed by atoms with Crippen molar-refractivity contribution in [2.45, 2.75) is 43.7 Å². The quantitative estimate of drug-likeness (QED) is 0.860. The van der Waals surface area contributed by atoms with Gasteiger partial charge in [0.1, 0.15) is 6.04 Å². The minimum atomic E-state index is -0.511. The summed E-state index contributed by atoms with van der Waals surface area (Å²) < 4.78 is 5.09. The summed E-state index contributed by atoms with van der Waals surface area (Å²) in [7, 11) is 0. The number of amides is 1. The first-order chi connectivity index (χ1) is 12.2. The molecule has 1 unspecified atom stereocenters. The molecule has 1 aromatic heterocycles. The van der Waals surface area contributed by atoms with E-state index in [9.17, 15) is 9.59 Å². The van der Waals surface area contributed by atoms with Crippen molar-refractivity contribution in [2.24, 2.45) is 0 Å². The molecule has 4 rings (SSSR count). The molecule has 2 heterocycles. The predicted molar refractivity (Wildman–Crippen MR) is 91.0 cm³/mol. The predicted octanol–water partition coefficient (Wildman–Crippen LogP) is 1.56. The third kappa shape index (κ3) is 3.66. The zero-order chi connectivity index (χ0) is 17.2. The van der Waals surface area contributed by atoms with Gasteiger partial charge in [-0.25, -0.2) is 9.89 Å². The lowest BCUT2D eigenvalue weighted by Crippen LogP contribution is -2.44. The van der Waals surface area contributed by atoms with Crippen LogP contribution >= 0.6 is 0 Å². The normalized spacial score (nSPS) is 20.3. The van der Waals surface area contributed by atoms with Crippen molar-refractivity contribution in [3.8, 4) is 0 Å². The molecule has 1 saturated heterocycles. The average molecular weight is 342 g/mol. The second-order valence-corrected chi connectivity index (χ2v) is 6.86. The Balaban J connectivity index is 1.48. The van der Waals surface area contributed by atoms with Crippen molar-refractivity contribution in [2.75, 3.05) is 13.1 Å². The van der Waals surface area contributed by atoms with Gasteiger partial charge in [-0.3, -0.25) is 9.69 Å². The molecule has 7 heteroatoms. The average Bonchev–Trinajstić information content (AvgIpc) is 3.34. The molecule has 0 bridgehead atoms. The van der Waals surface area contributed by atoms with Crippen LogP contribution in [0, 0.1) is 0 Å². The molecular formula is C18H22N4O3. The third-order valence-corrected chi connectivity index (χ3v) is 4.99. The number of nitrogens with zero attached hydrogens (tertiary/aromatic N) is 2. The Bertz CT molecular complexity index is 773. The van der Waals surface area contributed by atoms with Gasteiger partial charge in [0.15, 0.2) is 0 Å². The van der Waals surface area contributed by atoms with Gasteiger partial charge < -0.3 is 9.73 Å². The van der Waals surface area contributed by atoms with Crippen molar-refractivity contribution in [3.63, 3.8) is 0 Å². The molecule has 1 amide bonds. The van der Waals surface area contributed by atoms with Gasteiger partial charge in [-0.15, -0.1) is 5.10 Å². The van der Waals surface area contributed by atoms with Crippen molar-refractivity contribution < 1.29 is 9.21 Å². The first-order valence-electron chi connectivity index (χ1n) is 8.85. The van der Waals surface area contributed by atoms with E-state index in [0.29, 0.717) is 11.9 Å². The fourth-order valence-electron chi connectivity index (χ4n) is 3.49. The lowest BCUT2D eigenvalue weighted by molar-refractivity contribution is -0.127. The van der Waals surface area contributed by atoms with Gasteiger partial charge in [-0.2, -0.15) is 0 Å². The van der Waals surface area contributed by atoms with Crippen LogP contribution in [0.5, 0.6) is 0 Å². The highest BCUT2D eigenvalue weighted by molar-refractivity contribution is 5.83. The molecule has 1 aliphatic carbocycles. The zero-order valence-electron chi connectivity index (χ0n) is 14.0. The number of carbonyl (C=O) groups excluding carboxylic acids is 1. The second-order valence-electron chi connectivity index (χ2n) is 6.86. The summed E-state index contributed by atoms with van der Waals surface area (Å²) >= 11 is 0. The highest BCUT2D eigenvalue weighted by Crippen LogP contribution is 2.32. The molecule has 7 nitrogen and oxygen atoms in total. The van der Waals surface area contributed by atoms with Crippen molar-refractivity contribution in [3.05, 3.63) is 52.3 Å². The van der Waals surface area contributed by atoms with E-state index in [1.807, 2.05) is 30.3 Å². The molecule has 2 N–H and O–H groups in total. The number of hydrogen-bond acceptors (Lipinski definition) is 5. The minimum Gasteiger partial charge on any atom is -0.392 e. The third-order valence-electron chi connectivity index (χ3n) is 4.99. The molecule has 2 aliphatic rings. The number of carbonyl (C=O) groups is 1. The fourth-order valence-corrected chi connectivity index (χ4v) is 3.49. The summed E-state index contributed by atoms with van der Waals surface area (Å²) in [4.78, 5) is 26.2. The number of H-pyrrole nitrogens is 1. The zero-order valence-corrected chi connectivity index (χ0v) is 14.0. The molecule has 0 spiro atoms. The molecule has 132 valence electrons. The van der Waals surface area contributed by atoms with E-state index in [0.717, 1.165) is 44.3 Å². The number of hydrogen-bond donors (Lipinski definition) is 2. The molecule has 25 heavy (non-hydrogen) atoms. The highest BCUT2D eigenvalue weighted by Gasteiger charge is 2.35. The van der Waals surface area contributed by atoms with E-state index < -0.39 is 5.76 Å². The van der Waals surface area contributed by atoms with Crippen molar-refractivity contribution >= 4 is 5.91 Å². The SMILES string of the molecule is O=C(NC1CC1)C(c1ccccc1)N1CCC(c2n[nH]c(=O)o2)CC1. The molecule has 1 saturated carbocycles. The minimum absolute atomic E-state index is 0.0819. The summed E-state index contributed by atoms with van der Waals surface area (Å²) in [5.74, 6) is 0.170. The Kier molecular flexibility index (Phi) is 4.40. The van der Waals surface area contributed by atoms with Crippen LogP contribution in [0.25, 0.3) is 0 Å². The monoisotopic (exact) mass is 342 g/mol. The van der Waals surface area contributed by atoms with E-state index in [1.54, 1.807) is 0 Å². The van der Waals surface area contributed by atoms with Crippen LogP contribution in [-0.2, 0) is 4.79 Å². The van der Waals surface area contributed by atoms with Crippen molar-refractivity contribution in [1.82, 2.24) is 20.4 Å². The molecule has 1 aromatic carbocycles. The van der Waals surface area contributed by atoms with E-state index in [2.05, 4.69) is 20.4 Å². The Hall–Kier alpha value is -2.41. The van der Waals surface area contributed by atoms with Gasteiger partial charge in [0, 0.05) is 12.0 Å². The number of nitrogens with one attached hydrogen (secondary N) is 2. The Morgan fingerprint density at radius 3 is 2.52 bits per heavy atom.